The number of rotatable bonds is 11. The van der Waals surface area contributed by atoms with Crippen molar-refractivity contribution in [3.05, 3.63) is 75.5 Å². The van der Waals surface area contributed by atoms with Gasteiger partial charge in [0.05, 0.1) is 55.8 Å². The highest BCUT2D eigenvalue weighted by Gasteiger charge is 2.54. The molecule has 1 fully saturated rings. The summed E-state index contributed by atoms with van der Waals surface area (Å²) in [6.07, 6.45) is 1.44. The van der Waals surface area contributed by atoms with Gasteiger partial charge in [-0.1, -0.05) is 44.2 Å². The summed E-state index contributed by atoms with van der Waals surface area (Å²) in [5.74, 6) is 2.83. The molecule has 5 rings (SSSR count). The topological polar surface area (TPSA) is 105 Å². The standard InChI is InChI=1S/C38H46N2O9/c1-21(2)20-49-38(42)40-28-18-26-30(36(48-10)35(47-9)23(4)33(26)45-7)31(40)27(39(37(28)41)19-24-14-12-11-13-15-24)16-25-17-29(43-5)34(46-8)22(3)32(25)44-6/h11-17,21,28,31H,18-20H2,1-10H3. The number of nitrogens with zero attached hydrogens (tertiary/aromatic N) is 2. The number of carbonyl (C=O) groups excluding carboxylic acids is 2. The van der Waals surface area contributed by atoms with E-state index in [1.54, 1.807) is 53.6 Å². The Morgan fingerprint density at radius 1 is 0.837 bits per heavy atom. The Balaban J connectivity index is 1.90. The van der Waals surface area contributed by atoms with Gasteiger partial charge in [0.2, 0.25) is 5.91 Å². The summed E-state index contributed by atoms with van der Waals surface area (Å²) in [5, 5.41) is 0. The fourth-order valence-corrected chi connectivity index (χ4v) is 7.02. The van der Waals surface area contributed by atoms with Crippen molar-refractivity contribution in [1.82, 2.24) is 9.80 Å². The van der Waals surface area contributed by atoms with E-state index in [-0.39, 0.29) is 31.4 Å². The Bertz CT molecular complexity index is 1750. The number of piperazine rings is 1. The van der Waals surface area contributed by atoms with Gasteiger partial charge in [0.1, 0.15) is 23.6 Å². The summed E-state index contributed by atoms with van der Waals surface area (Å²) in [5.41, 5.74) is 4.87. The molecular formula is C38H46N2O9. The Labute approximate surface area is 288 Å². The van der Waals surface area contributed by atoms with Crippen LogP contribution in [-0.4, -0.2) is 77.1 Å². The van der Waals surface area contributed by atoms with Crippen LogP contribution in [0.25, 0.3) is 6.08 Å². The molecule has 3 aromatic carbocycles. The third kappa shape index (κ3) is 6.18. The molecular weight excluding hydrogens is 628 g/mol. The monoisotopic (exact) mass is 674 g/mol. The van der Waals surface area contributed by atoms with Crippen molar-refractivity contribution in [3.8, 4) is 34.5 Å². The average Bonchev–Trinajstić information content (AvgIpc) is 3.10. The zero-order chi connectivity index (χ0) is 35.6. The molecule has 2 bridgehead atoms. The second kappa shape index (κ2) is 14.6. The summed E-state index contributed by atoms with van der Waals surface area (Å²) < 4.78 is 41.2. The van der Waals surface area contributed by atoms with E-state index in [1.807, 2.05) is 64.1 Å². The number of amides is 2. The average molecular weight is 675 g/mol. The highest BCUT2D eigenvalue weighted by atomic mass is 16.6. The molecule has 0 saturated carbocycles. The van der Waals surface area contributed by atoms with Gasteiger partial charge in [-0.2, -0.15) is 0 Å². The van der Waals surface area contributed by atoms with Gasteiger partial charge in [0.25, 0.3) is 0 Å². The number of hydrogen-bond donors (Lipinski definition) is 0. The van der Waals surface area contributed by atoms with Gasteiger partial charge in [0, 0.05) is 39.9 Å². The van der Waals surface area contributed by atoms with E-state index in [4.69, 9.17) is 33.2 Å². The number of carbonyl (C=O) groups is 2. The van der Waals surface area contributed by atoms with Crippen LogP contribution in [0.2, 0.25) is 0 Å². The van der Waals surface area contributed by atoms with E-state index in [0.29, 0.717) is 56.9 Å². The summed E-state index contributed by atoms with van der Waals surface area (Å²) in [7, 11) is 9.43. The lowest BCUT2D eigenvalue weighted by molar-refractivity contribution is -0.141. The van der Waals surface area contributed by atoms with Gasteiger partial charge in [-0.3, -0.25) is 9.69 Å². The van der Waals surface area contributed by atoms with Crippen LogP contribution in [-0.2, 0) is 22.5 Å². The summed E-state index contributed by atoms with van der Waals surface area (Å²) >= 11 is 0. The maximum absolute atomic E-state index is 14.9. The minimum Gasteiger partial charge on any atom is -0.496 e. The highest BCUT2D eigenvalue weighted by Crippen LogP contribution is 2.55. The first kappa shape index (κ1) is 35.3. The molecule has 0 aliphatic carbocycles. The van der Waals surface area contributed by atoms with Crippen LogP contribution in [0.3, 0.4) is 0 Å². The van der Waals surface area contributed by atoms with E-state index in [9.17, 15) is 9.59 Å². The summed E-state index contributed by atoms with van der Waals surface area (Å²) in [6.45, 7) is 8.12. The molecule has 3 aromatic rings. The Morgan fingerprint density at radius 2 is 1.45 bits per heavy atom. The van der Waals surface area contributed by atoms with Gasteiger partial charge in [-0.25, -0.2) is 4.79 Å². The van der Waals surface area contributed by atoms with Crippen molar-refractivity contribution in [2.45, 2.75) is 52.7 Å². The molecule has 2 aliphatic heterocycles. The molecule has 49 heavy (non-hydrogen) atoms. The molecule has 2 aliphatic rings. The SMILES string of the molecule is COc1cc(C=C2C3c4c(c(OC)c(C)c(OC)c4OC)CC(C(=O)N2Cc2ccccc2)N3C(=O)OCC(C)C)c(OC)c(C)c1OC. The number of fused-ring (bicyclic) bond motifs is 4. The number of methoxy groups -OCH3 is 6. The third-order valence-corrected chi connectivity index (χ3v) is 9.09. The molecule has 2 unspecified atom stereocenters. The predicted octanol–water partition coefficient (Wildman–Crippen LogP) is 6.50. The number of benzene rings is 3. The van der Waals surface area contributed by atoms with Crippen molar-refractivity contribution >= 4 is 18.1 Å². The minimum atomic E-state index is -0.890. The fourth-order valence-electron chi connectivity index (χ4n) is 7.02. The second-order valence-corrected chi connectivity index (χ2v) is 12.5. The second-order valence-electron chi connectivity index (χ2n) is 12.5. The number of hydrogen-bond acceptors (Lipinski definition) is 9. The first-order valence-corrected chi connectivity index (χ1v) is 16.2. The molecule has 11 nitrogen and oxygen atoms in total. The van der Waals surface area contributed by atoms with Crippen LogP contribution in [0.4, 0.5) is 4.79 Å². The zero-order valence-corrected chi connectivity index (χ0v) is 30.0. The van der Waals surface area contributed by atoms with Gasteiger partial charge < -0.3 is 38.1 Å². The zero-order valence-electron chi connectivity index (χ0n) is 30.0. The van der Waals surface area contributed by atoms with Crippen molar-refractivity contribution in [2.24, 2.45) is 5.92 Å². The molecule has 2 atom stereocenters. The Kier molecular flexibility index (Phi) is 10.5. The van der Waals surface area contributed by atoms with Crippen LogP contribution >= 0.6 is 0 Å². The highest BCUT2D eigenvalue weighted by molar-refractivity contribution is 5.93. The van der Waals surface area contributed by atoms with Gasteiger partial charge >= 0.3 is 6.09 Å². The first-order valence-electron chi connectivity index (χ1n) is 16.2. The molecule has 2 heterocycles. The van der Waals surface area contributed by atoms with Crippen molar-refractivity contribution in [1.29, 1.82) is 0 Å². The smallest absolute Gasteiger partial charge is 0.411 e. The van der Waals surface area contributed by atoms with E-state index in [1.165, 1.54) is 4.90 Å². The van der Waals surface area contributed by atoms with E-state index < -0.39 is 18.2 Å². The quantitative estimate of drug-likeness (QED) is 0.226. The molecule has 1 saturated heterocycles. The van der Waals surface area contributed by atoms with Gasteiger partial charge in [-0.15, -0.1) is 0 Å². The summed E-state index contributed by atoms with van der Waals surface area (Å²) in [6, 6.07) is 9.78. The summed E-state index contributed by atoms with van der Waals surface area (Å²) in [4.78, 5) is 32.4. The lowest BCUT2D eigenvalue weighted by atomic mass is 9.80. The van der Waals surface area contributed by atoms with Crippen LogP contribution in [0.15, 0.2) is 42.1 Å². The van der Waals surface area contributed by atoms with Crippen LogP contribution in [0.5, 0.6) is 34.5 Å². The molecule has 2 amide bonds. The molecule has 0 aromatic heterocycles. The lowest BCUT2D eigenvalue weighted by Gasteiger charge is -2.51. The Hall–Kier alpha value is -5.06. The lowest BCUT2D eigenvalue weighted by Crippen LogP contribution is -2.61. The van der Waals surface area contributed by atoms with Crippen molar-refractivity contribution in [3.63, 3.8) is 0 Å². The molecule has 0 spiro atoms. The normalized spacial score (nSPS) is 17.5. The molecule has 11 heteroatoms. The maximum atomic E-state index is 14.9. The maximum Gasteiger partial charge on any atom is 0.411 e. The third-order valence-electron chi connectivity index (χ3n) is 9.09. The van der Waals surface area contributed by atoms with Crippen molar-refractivity contribution in [2.75, 3.05) is 49.3 Å². The van der Waals surface area contributed by atoms with Crippen LogP contribution in [0.1, 0.15) is 53.3 Å². The minimum absolute atomic E-state index is 0.0811. The van der Waals surface area contributed by atoms with Crippen molar-refractivity contribution < 1.29 is 42.7 Å². The van der Waals surface area contributed by atoms with E-state index in [2.05, 4.69) is 0 Å². The molecule has 0 N–H and O–H groups in total. The van der Waals surface area contributed by atoms with Gasteiger partial charge in [-0.05, 0) is 37.5 Å². The van der Waals surface area contributed by atoms with Gasteiger partial charge in [0.15, 0.2) is 23.0 Å². The number of ether oxygens (including phenoxy) is 7. The molecule has 0 radical (unpaired) electrons. The van der Waals surface area contributed by atoms with E-state index >= 15 is 0 Å². The Morgan fingerprint density at radius 3 is 2.02 bits per heavy atom. The largest absolute Gasteiger partial charge is 0.496 e. The molecule has 262 valence electrons. The first-order chi connectivity index (χ1) is 23.6. The van der Waals surface area contributed by atoms with Crippen LogP contribution in [0, 0.1) is 19.8 Å². The predicted molar refractivity (Wildman–Crippen MR) is 185 cm³/mol. The van der Waals surface area contributed by atoms with E-state index in [0.717, 1.165) is 16.7 Å². The fraction of sp³-hybridized carbons (Fsp3) is 0.421. The van der Waals surface area contributed by atoms with Crippen LogP contribution < -0.4 is 28.4 Å².